The summed E-state index contributed by atoms with van der Waals surface area (Å²) in [7, 11) is 0. The summed E-state index contributed by atoms with van der Waals surface area (Å²) in [6, 6.07) is 6.69. The van der Waals surface area contributed by atoms with Gasteiger partial charge >= 0.3 is 0 Å². The fraction of sp³-hybridized carbons (Fsp3) is 0.273. The molecular formula is C11H12F. The van der Waals surface area contributed by atoms with Crippen LogP contribution in [0.15, 0.2) is 30.3 Å². The quantitative estimate of drug-likeness (QED) is 0.598. The van der Waals surface area contributed by atoms with E-state index in [4.69, 9.17) is 6.58 Å². The molecule has 1 aromatic rings. The van der Waals surface area contributed by atoms with Gasteiger partial charge in [0.25, 0.3) is 0 Å². The first-order valence-corrected chi connectivity index (χ1v) is 4.11. The lowest BCUT2D eigenvalue weighted by Crippen LogP contribution is -1.85. The van der Waals surface area contributed by atoms with Crippen molar-refractivity contribution in [3.63, 3.8) is 0 Å². The van der Waals surface area contributed by atoms with Crippen molar-refractivity contribution in [2.75, 3.05) is 0 Å². The molecule has 0 amide bonds. The minimum atomic E-state index is -0.163. The van der Waals surface area contributed by atoms with Crippen LogP contribution in [0.5, 0.6) is 0 Å². The van der Waals surface area contributed by atoms with Gasteiger partial charge in [0.2, 0.25) is 0 Å². The summed E-state index contributed by atoms with van der Waals surface area (Å²) in [5.41, 5.74) is 1.04. The molecule has 0 spiro atoms. The zero-order valence-electron chi connectivity index (χ0n) is 6.96. The summed E-state index contributed by atoms with van der Waals surface area (Å²) < 4.78 is 12.6. The minimum absolute atomic E-state index is 0.163. The van der Waals surface area contributed by atoms with Crippen molar-refractivity contribution in [2.45, 2.75) is 19.3 Å². The Kier molecular flexibility index (Phi) is 3.52. The van der Waals surface area contributed by atoms with Crippen LogP contribution in [0.1, 0.15) is 18.4 Å². The highest BCUT2D eigenvalue weighted by Crippen LogP contribution is 2.07. The number of halogens is 1. The summed E-state index contributed by atoms with van der Waals surface area (Å²) in [4.78, 5) is 0. The third-order valence-electron chi connectivity index (χ3n) is 1.73. The second-order valence-electron chi connectivity index (χ2n) is 2.76. The second-order valence-corrected chi connectivity index (χ2v) is 2.76. The maximum atomic E-state index is 12.6. The van der Waals surface area contributed by atoms with Crippen LogP contribution in [0.3, 0.4) is 0 Å². The molecule has 0 heterocycles. The van der Waals surface area contributed by atoms with Gasteiger partial charge in [-0.25, -0.2) is 4.39 Å². The normalized spacial score (nSPS) is 9.75. The SMILES string of the molecule is [CH]=CCCCc1cccc(F)c1. The maximum absolute atomic E-state index is 12.6. The minimum Gasteiger partial charge on any atom is -0.207 e. The van der Waals surface area contributed by atoms with E-state index in [1.54, 1.807) is 18.2 Å². The van der Waals surface area contributed by atoms with Gasteiger partial charge < -0.3 is 0 Å². The van der Waals surface area contributed by atoms with Crippen molar-refractivity contribution in [2.24, 2.45) is 0 Å². The number of allylic oxidation sites excluding steroid dienone is 1. The van der Waals surface area contributed by atoms with E-state index in [9.17, 15) is 4.39 Å². The van der Waals surface area contributed by atoms with Gasteiger partial charge in [0.15, 0.2) is 0 Å². The Morgan fingerprint density at radius 2 is 2.25 bits per heavy atom. The Labute approximate surface area is 72.7 Å². The van der Waals surface area contributed by atoms with Gasteiger partial charge in [-0.3, -0.25) is 0 Å². The van der Waals surface area contributed by atoms with Crippen molar-refractivity contribution in [1.29, 1.82) is 0 Å². The molecule has 1 aromatic carbocycles. The molecule has 0 aromatic heterocycles. The predicted molar refractivity (Wildman–Crippen MR) is 48.2 cm³/mol. The summed E-state index contributed by atoms with van der Waals surface area (Å²) in [6.07, 6.45) is 4.40. The van der Waals surface area contributed by atoms with Crippen LogP contribution in [0.4, 0.5) is 4.39 Å². The van der Waals surface area contributed by atoms with E-state index < -0.39 is 0 Å². The summed E-state index contributed by atoms with van der Waals surface area (Å²) in [5, 5.41) is 0. The first-order valence-electron chi connectivity index (χ1n) is 4.11. The molecule has 0 aliphatic rings. The smallest absolute Gasteiger partial charge is 0.123 e. The Bertz CT molecular complexity index is 253. The Morgan fingerprint density at radius 3 is 2.92 bits per heavy atom. The van der Waals surface area contributed by atoms with Crippen LogP contribution in [0.25, 0.3) is 0 Å². The first-order chi connectivity index (χ1) is 5.83. The third-order valence-corrected chi connectivity index (χ3v) is 1.73. The molecular weight excluding hydrogens is 151 g/mol. The molecule has 0 fully saturated rings. The highest BCUT2D eigenvalue weighted by molar-refractivity contribution is 5.16. The molecule has 0 saturated carbocycles. The van der Waals surface area contributed by atoms with E-state index in [1.165, 1.54) is 6.07 Å². The van der Waals surface area contributed by atoms with Gasteiger partial charge in [0, 0.05) is 0 Å². The van der Waals surface area contributed by atoms with E-state index in [0.717, 1.165) is 24.8 Å². The number of benzene rings is 1. The fourth-order valence-corrected chi connectivity index (χ4v) is 1.12. The van der Waals surface area contributed by atoms with Gasteiger partial charge in [-0.2, -0.15) is 0 Å². The van der Waals surface area contributed by atoms with Crippen LogP contribution in [0.2, 0.25) is 0 Å². The molecule has 12 heavy (non-hydrogen) atoms. The van der Waals surface area contributed by atoms with E-state index in [2.05, 4.69) is 0 Å². The predicted octanol–water partition coefficient (Wildman–Crippen LogP) is 3.14. The van der Waals surface area contributed by atoms with Crippen LogP contribution >= 0.6 is 0 Å². The molecule has 1 rings (SSSR count). The lowest BCUT2D eigenvalue weighted by atomic mass is 10.1. The highest BCUT2D eigenvalue weighted by atomic mass is 19.1. The van der Waals surface area contributed by atoms with Crippen molar-refractivity contribution < 1.29 is 4.39 Å². The van der Waals surface area contributed by atoms with Crippen molar-refractivity contribution in [3.05, 3.63) is 48.3 Å². The summed E-state index contributed by atoms with van der Waals surface area (Å²) in [5.74, 6) is -0.163. The molecule has 0 nitrogen and oxygen atoms in total. The molecule has 0 N–H and O–H groups in total. The fourth-order valence-electron chi connectivity index (χ4n) is 1.12. The Hall–Kier alpha value is -1.11. The van der Waals surface area contributed by atoms with Crippen LogP contribution in [-0.4, -0.2) is 0 Å². The van der Waals surface area contributed by atoms with Gasteiger partial charge in [-0.1, -0.05) is 24.8 Å². The molecule has 0 unspecified atom stereocenters. The van der Waals surface area contributed by atoms with E-state index in [0.29, 0.717) is 0 Å². The molecule has 0 aliphatic carbocycles. The van der Waals surface area contributed by atoms with Gasteiger partial charge in [0.1, 0.15) is 5.82 Å². The number of hydrogen-bond acceptors (Lipinski definition) is 0. The number of rotatable bonds is 4. The first kappa shape index (κ1) is 8.98. The van der Waals surface area contributed by atoms with Crippen molar-refractivity contribution >= 4 is 0 Å². The van der Waals surface area contributed by atoms with E-state index >= 15 is 0 Å². The standard InChI is InChI=1S/C11H12F/c1-2-3-4-6-10-7-5-8-11(12)9-10/h1-2,5,7-9H,3-4,6H2. The Morgan fingerprint density at radius 1 is 1.42 bits per heavy atom. The largest absolute Gasteiger partial charge is 0.207 e. The van der Waals surface area contributed by atoms with Gasteiger partial charge in [-0.05, 0) is 37.0 Å². The maximum Gasteiger partial charge on any atom is 0.123 e. The van der Waals surface area contributed by atoms with Crippen LogP contribution in [-0.2, 0) is 6.42 Å². The summed E-state index contributed by atoms with van der Waals surface area (Å²) in [6.45, 7) is 5.22. The van der Waals surface area contributed by atoms with Crippen LogP contribution in [0, 0.1) is 12.4 Å². The zero-order valence-corrected chi connectivity index (χ0v) is 6.96. The zero-order chi connectivity index (χ0) is 8.81. The average Bonchev–Trinajstić information content (AvgIpc) is 2.05. The molecule has 1 radical (unpaired) electrons. The molecule has 1 heteroatoms. The monoisotopic (exact) mass is 163 g/mol. The molecule has 63 valence electrons. The van der Waals surface area contributed by atoms with Gasteiger partial charge in [-0.15, -0.1) is 0 Å². The van der Waals surface area contributed by atoms with E-state index in [-0.39, 0.29) is 5.82 Å². The van der Waals surface area contributed by atoms with Crippen molar-refractivity contribution in [3.8, 4) is 0 Å². The average molecular weight is 163 g/mol. The number of unbranched alkanes of at least 4 members (excludes halogenated alkanes) is 1. The third kappa shape index (κ3) is 2.87. The van der Waals surface area contributed by atoms with Crippen LogP contribution < -0.4 is 0 Å². The van der Waals surface area contributed by atoms with Crippen molar-refractivity contribution in [1.82, 2.24) is 0 Å². The molecule has 0 atom stereocenters. The van der Waals surface area contributed by atoms with E-state index in [1.807, 2.05) is 6.07 Å². The molecule has 0 aliphatic heterocycles. The lowest BCUT2D eigenvalue weighted by molar-refractivity contribution is 0.624. The second kappa shape index (κ2) is 4.70. The number of aryl methyl sites for hydroxylation is 1. The van der Waals surface area contributed by atoms with Gasteiger partial charge in [0.05, 0.1) is 0 Å². The lowest BCUT2D eigenvalue weighted by Gasteiger charge is -1.98. The topological polar surface area (TPSA) is 0 Å². The Balaban J connectivity index is 2.46. The highest BCUT2D eigenvalue weighted by Gasteiger charge is 1.93. The number of hydrogen-bond donors (Lipinski definition) is 0. The molecule has 0 saturated heterocycles. The molecule has 0 bridgehead atoms. The summed E-state index contributed by atoms with van der Waals surface area (Å²) >= 11 is 0.